The maximum absolute atomic E-state index is 13.6. The van der Waals surface area contributed by atoms with Crippen LogP contribution < -0.4 is 5.56 Å². The molecule has 0 N–H and O–H groups in total. The van der Waals surface area contributed by atoms with Gasteiger partial charge in [-0.15, -0.1) is 11.3 Å². The lowest BCUT2D eigenvalue weighted by molar-refractivity contribution is -0.128. The first-order chi connectivity index (χ1) is 16.3. The highest BCUT2D eigenvalue weighted by atomic mass is 32.2. The molecule has 0 saturated carbocycles. The molecule has 2 aromatic heterocycles. The van der Waals surface area contributed by atoms with Gasteiger partial charge in [0.05, 0.1) is 22.6 Å². The van der Waals surface area contributed by atoms with Crippen LogP contribution in [0.15, 0.2) is 40.3 Å². The van der Waals surface area contributed by atoms with E-state index < -0.39 is 9.84 Å². The van der Waals surface area contributed by atoms with Gasteiger partial charge in [0.2, 0.25) is 5.91 Å². The molecule has 1 aliphatic heterocycles. The highest BCUT2D eigenvalue weighted by Crippen LogP contribution is 2.35. The second kappa shape index (κ2) is 9.47. The van der Waals surface area contributed by atoms with Crippen LogP contribution in [0.25, 0.3) is 10.2 Å². The number of sulfone groups is 1. The fourth-order valence-electron chi connectivity index (χ4n) is 4.76. The third-order valence-corrected chi connectivity index (χ3v) is 10.6. The Morgan fingerprint density at radius 3 is 2.79 bits per heavy atom. The molecule has 2 aliphatic rings. The van der Waals surface area contributed by atoms with Gasteiger partial charge in [-0.1, -0.05) is 42.1 Å². The van der Waals surface area contributed by atoms with Crippen LogP contribution in [-0.4, -0.2) is 59.1 Å². The number of thioether (sulfide) groups is 1. The molecule has 34 heavy (non-hydrogen) atoms. The summed E-state index contributed by atoms with van der Waals surface area (Å²) in [6.45, 7) is 0.490. The predicted molar refractivity (Wildman–Crippen MR) is 137 cm³/mol. The molecule has 1 aromatic carbocycles. The van der Waals surface area contributed by atoms with Gasteiger partial charge in [-0.25, -0.2) is 13.4 Å². The van der Waals surface area contributed by atoms with Crippen LogP contribution in [-0.2, 0) is 40.4 Å². The first-order valence-electron chi connectivity index (χ1n) is 11.5. The lowest BCUT2D eigenvalue weighted by atomic mass is 10.1. The van der Waals surface area contributed by atoms with E-state index in [9.17, 15) is 18.0 Å². The number of carbonyl (C=O) groups is 1. The van der Waals surface area contributed by atoms with Gasteiger partial charge >= 0.3 is 0 Å². The largest absolute Gasteiger partial charge is 0.341 e. The van der Waals surface area contributed by atoms with Crippen molar-refractivity contribution in [2.45, 2.75) is 49.8 Å². The van der Waals surface area contributed by atoms with Crippen LogP contribution in [0.1, 0.15) is 28.8 Å². The van der Waals surface area contributed by atoms with Gasteiger partial charge in [0, 0.05) is 24.5 Å². The van der Waals surface area contributed by atoms with E-state index in [0.717, 1.165) is 40.6 Å². The van der Waals surface area contributed by atoms with E-state index in [4.69, 9.17) is 4.98 Å². The number of aromatic nitrogens is 2. The minimum Gasteiger partial charge on any atom is -0.341 e. The molecule has 0 bridgehead atoms. The monoisotopic (exact) mass is 517 g/mol. The van der Waals surface area contributed by atoms with Crippen LogP contribution in [0.4, 0.5) is 0 Å². The van der Waals surface area contributed by atoms with Gasteiger partial charge in [-0.2, -0.15) is 0 Å². The number of aryl methyl sites for hydroxylation is 3. The Kier molecular flexibility index (Phi) is 6.56. The lowest BCUT2D eigenvalue weighted by Crippen LogP contribution is -2.39. The molecule has 0 spiro atoms. The Bertz CT molecular complexity index is 1400. The summed E-state index contributed by atoms with van der Waals surface area (Å²) in [5, 5.41) is 1.30. The van der Waals surface area contributed by atoms with E-state index in [2.05, 4.69) is 0 Å². The van der Waals surface area contributed by atoms with Crippen molar-refractivity contribution in [2.75, 3.05) is 24.3 Å². The van der Waals surface area contributed by atoms with Gasteiger partial charge in [0.1, 0.15) is 4.83 Å². The third kappa shape index (κ3) is 4.67. The van der Waals surface area contributed by atoms with E-state index in [1.54, 1.807) is 27.9 Å². The van der Waals surface area contributed by atoms with Gasteiger partial charge in [-0.3, -0.25) is 14.2 Å². The molecule has 1 unspecified atom stereocenters. The van der Waals surface area contributed by atoms with Gasteiger partial charge < -0.3 is 4.90 Å². The maximum Gasteiger partial charge on any atom is 0.263 e. The summed E-state index contributed by atoms with van der Waals surface area (Å²) >= 11 is 2.86. The molecular formula is C24H27N3O4S3. The van der Waals surface area contributed by atoms with Crippen molar-refractivity contribution < 1.29 is 13.2 Å². The number of nitrogens with zero attached hydrogens (tertiary/aromatic N) is 3. The molecule has 1 amide bonds. The van der Waals surface area contributed by atoms with E-state index in [1.807, 2.05) is 30.3 Å². The molecule has 7 nitrogen and oxygen atoms in total. The lowest BCUT2D eigenvalue weighted by Gasteiger charge is -2.23. The average Bonchev–Trinajstić information content (AvgIpc) is 3.51. The van der Waals surface area contributed by atoms with E-state index in [-0.39, 0.29) is 34.8 Å². The van der Waals surface area contributed by atoms with Crippen molar-refractivity contribution >= 4 is 49.1 Å². The minimum atomic E-state index is -3.07. The maximum atomic E-state index is 13.6. The first-order valence-corrected chi connectivity index (χ1v) is 15.1. The topological polar surface area (TPSA) is 89.3 Å². The number of hydrogen-bond acceptors (Lipinski definition) is 7. The minimum absolute atomic E-state index is 0.0205. The number of hydrogen-bond donors (Lipinski definition) is 0. The van der Waals surface area contributed by atoms with Crippen molar-refractivity contribution in [1.29, 1.82) is 0 Å². The molecule has 1 aliphatic carbocycles. The molecule has 1 atom stereocenters. The number of carbonyl (C=O) groups excluding carboxylic acids is 1. The Hall–Kier alpha value is -2.17. The zero-order valence-corrected chi connectivity index (χ0v) is 21.5. The molecule has 5 rings (SSSR count). The van der Waals surface area contributed by atoms with Crippen molar-refractivity contribution in [1.82, 2.24) is 14.5 Å². The number of amides is 1. The average molecular weight is 518 g/mol. The summed E-state index contributed by atoms with van der Waals surface area (Å²) in [4.78, 5) is 34.9. The zero-order chi connectivity index (χ0) is 23.9. The van der Waals surface area contributed by atoms with Crippen LogP contribution in [0.3, 0.4) is 0 Å². The Morgan fingerprint density at radius 2 is 2.06 bits per heavy atom. The summed E-state index contributed by atoms with van der Waals surface area (Å²) in [6.07, 6.45) is 4.17. The fourth-order valence-corrected chi connectivity index (χ4v) is 8.79. The first kappa shape index (κ1) is 23.6. The summed E-state index contributed by atoms with van der Waals surface area (Å²) in [6, 6.07) is 9.74. The second-order valence-corrected chi connectivity index (χ2v) is 13.2. The molecular weight excluding hydrogens is 490 g/mol. The summed E-state index contributed by atoms with van der Waals surface area (Å²) in [5.41, 5.74) is 2.27. The van der Waals surface area contributed by atoms with Crippen molar-refractivity contribution in [2.24, 2.45) is 0 Å². The highest BCUT2D eigenvalue weighted by Gasteiger charge is 2.33. The van der Waals surface area contributed by atoms with Crippen LogP contribution in [0.5, 0.6) is 0 Å². The molecule has 180 valence electrons. The Balaban J connectivity index is 1.41. The number of benzene rings is 1. The number of fused-ring (bicyclic) bond motifs is 3. The van der Waals surface area contributed by atoms with E-state index in [1.165, 1.54) is 16.6 Å². The van der Waals surface area contributed by atoms with Crippen molar-refractivity contribution in [3.8, 4) is 0 Å². The standard InChI is InChI=1S/C24H27N3O4S3/c1-26(17-11-13-34(30,31)15-17)20(28)14-32-24-25-22-21(18-8-5-9-19(18)33-22)23(29)27(24)12-10-16-6-3-2-4-7-16/h2-4,6-7,17H,5,8-15H2,1H3. The molecule has 0 radical (unpaired) electrons. The number of rotatable bonds is 7. The smallest absolute Gasteiger partial charge is 0.263 e. The Labute approximate surface area is 207 Å². The van der Waals surface area contributed by atoms with Crippen LogP contribution in [0.2, 0.25) is 0 Å². The zero-order valence-electron chi connectivity index (χ0n) is 19.0. The van der Waals surface area contributed by atoms with Gasteiger partial charge in [0.15, 0.2) is 15.0 Å². The highest BCUT2D eigenvalue weighted by molar-refractivity contribution is 7.99. The van der Waals surface area contributed by atoms with Gasteiger partial charge in [0.25, 0.3) is 5.56 Å². The number of thiophene rings is 1. The van der Waals surface area contributed by atoms with Crippen LogP contribution in [0, 0.1) is 0 Å². The normalized spacial score (nSPS) is 18.9. The molecule has 1 fully saturated rings. The predicted octanol–water partition coefficient (Wildman–Crippen LogP) is 2.93. The molecule has 1 saturated heterocycles. The SMILES string of the molecule is CN(C(=O)CSc1nc2sc3c(c2c(=O)n1CCc1ccccc1)CCC3)C1CCS(=O)(=O)C1. The summed E-state index contributed by atoms with van der Waals surface area (Å²) < 4.78 is 25.3. The quantitative estimate of drug-likeness (QED) is 0.354. The van der Waals surface area contributed by atoms with Gasteiger partial charge in [-0.05, 0) is 43.2 Å². The summed E-state index contributed by atoms with van der Waals surface area (Å²) in [7, 11) is -1.40. The molecule has 10 heteroatoms. The van der Waals surface area contributed by atoms with Crippen molar-refractivity contribution in [3.63, 3.8) is 0 Å². The molecule has 3 heterocycles. The summed E-state index contributed by atoms with van der Waals surface area (Å²) in [5.74, 6) is 0.112. The molecule has 3 aromatic rings. The van der Waals surface area contributed by atoms with E-state index in [0.29, 0.717) is 24.5 Å². The fraction of sp³-hybridized carbons (Fsp3) is 0.458. The second-order valence-electron chi connectivity index (χ2n) is 8.97. The van der Waals surface area contributed by atoms with Crippen LogP contribution >= 0.6 is 23.1 Å². The Morgan fingerprint density at radius 1 is 1.26 bits per heavy atom. The third-order valence-electron chi connectivity index (χ3n) is 6.73. The van der Waals surface area contributed by atoms with Crippen molar-refractivity contribution in [3.05, 3.63) is 56.7 Å². The van der Waals surface area contributed by atoms with E-state index >= 15 is 0 Å².